The molecule has 0 amide bonds. The highest BCUT2D eigenvalue weighted by molar-refractivity contribution is 5.84. The van der Waals surface area contributed by atoms with Gasteiger partial charge in [-0.2, -0.15) is 0 Å². The van der Waals surface area contributed by atoms with Crippen LogP contribution in [-0.2, 0) is 6.54 Å². The molecule has 2 heterocycles. The van der Waals surface area contributed by atoms with Crippen molar-refractivity contribution in [1.29, 1.82) is 0 Å². The SMILES string of the molecule is Cc1cc(N2CCN(C)CC2)nc2cc(CN)ccc12. The van der Waals surface area contributed by atoms with Crippen LogP contribution in [0.2, 0.25) is 0 Å². The van der Waals surface area contributed by atoms with Gasteiger partial charge in [0.15, 0.2) is 0 Å². The van der Waals surface area contributed by atoms with Crippen LogP contribution in [0.5, 0.6) is 0 Å². The highest BCUT2D eigenvalue weighted by atomic mass is 15.3. The zero-order valence-corrected chi connectivity index (χ0v) is 12.3. The van der Waals surface area contributed by atoms with Gasteiger partial charge in [0.25, 0.3) is 0 Å². The van der Waals surface area contributed by atoms with E-state index >= 15 is 0 Å². The molecule has 0 bridgehead atoms. The molecule has 0 atom stereocenters. The van der Waals surface area contributed by atoms with Crippen LogP contribution < -0.4 is 10.6 Å². The van der Waals surface area contributed by atoms with Gasteiger partial charge in [0.2, 0.25) is 0 Å². The molecule has 4 heteroatoms. The largest absolute Gasteiger partial charge is 0.354 e. The van der Waals surface area contributed by atoms with Gasteiger partial charge in [-0.25, -0.2) is 4.98 Å². The number of nitrogens with two attached hydrogens (primary N) is 1. The van der Waals surface area contributed by atoms with E-state index in [0.29, 0.717) is 6.54 Å². The van der Waals surface area contributed by atoms with Gasteiger partial charge in [-0.1, -0.05) is 12.1 Å². The molecule has 1 saturated heterocycles. The number of aryl methyl sites for hydroxylation is 1. The van der Waals surface area contributed by atoms with E-state index in [0.717, 1.165) is 43.1 Å². The smallest absolute Gasteiger partial charge is 0.129 e. The molecule has 1 aliphatic heterocycles. The van der Waals surface area contributed by atoms with E-state index < -0.39 is 0 Å². The van der Waals surface area contributed by atoms with E-state index in [4.69, 9.17) is 10.7 Å². The maximum absolute atomic E-state index is 5.73. The Morgan fingerprint density at radius 3 is 2.60 bits per heavy atom. The fourth-order valence-electron chi connectivity index (χ4n) is 2.75. The Morgan fingerprint density at radius 2 is 1.90 bits per heavy atom. The number of benzene rings is 1. The second kappa shape index (κ2) is 5.38. The van der Waals surface area contributed by atoms with Crippen LogP contribution in [0.15, 0.2) is 24.3 Å². The summed E-state index contributed by atoms with van der Waals surface area (Å²) < 4.78 is 0. The highest BCUT2D eigenvalue weighted by Gasteiger charge is 2.16. The third-order valence-corrected chi connectivity index (χ3v) is 4.13. The molecule has 1 aromatic heterocycles. The zero-order valence-electron chi connectivity index (χ0n) is 12.3. The number of piperazine rings is 1. The standard InChI is InChI=1S/C16H22N4/c1-12-9-16(20-7-5-19(2)6-8-20)18-15-10-13(11-17)3-4-14(12)15/h3-4,9-10H,5-8,11,17H2,1-2H3. The normalized spacial score (nSPS) is 16.9. The summed E-state index contributed by atoms with van der Waals surface area (Å²) in [6, 6.07) is 8.54. The van der Waals surface area contributed by atoms with Crippen LogP contribution in [0.3, 0.4) is 0 Å². The van der Waals surface area contributed by atoms with Gasteiger partial charge >= 0.3 is 0 Å². The fourth-order valence-corrected chi connectivity index (χ4v) is 2.75. The summed E-state index contributed by atoms with van der Waals surface area (Å²) in [4.78, 5) is 9.58. The summed E-state index contributed by atoms with van der Waals surface area (Å²) in [7, 11) is 2.17. The second-order valence-corrected chi connectivity index (χ2v) is 5.64. The van der Waals surface area contributed by atoms with E-state index in [1.165, 1.54) is 10.9 Å². The molecule has 2 aromatic rings. The molecule has 0 aliphatic carbocycles. The number of likely N-dealkylation sites (N-methyl/N-ethyl adjacent to an activating group) is 1. The number of hydrogen-bond donors (Lipinski definition) is 1. The predicted octanol–water partition coefficient (Wildman–Crippen LogP) is 1.75. The van der Waals surface area contributed by atoms with Crippen molar-refractivity contribution in [2.45, 2.75) is 13.5 Å². The van der Waals surface area contributed by atoms with Gasteiger partial charge in [-0.15, -0.1) is 0 Å². The Labute approximate surface area is 120 Å². The average molecular weight is 270 g/mol. The van der Waals surface area contributed by atoms with Crippen molar-refractivity contribution < 1.29 is 0 Å². The van der Waals surface area contributed by atoms with Gasteiger partial charge in [0.1, 0.15) is 5.82 Å². The number of anilines is 1. The first-order chi connectivity index (χ1) is 9.67. The molecule has 4 nitrogen and oxygen atoms in total. The Kier molecular flexibility index (Phi) is 3.59. The Balaban J connectivity index is 1.99. The molecule has 1 aromatic carbocycles. The van der Waals surface area contributed by atoms with Crippen molar-refractivity contribution in [1.82, 2.24) is 9.88 Å². The van der Waals surface area contributed by atoms with E-state index in [9.17, 15) is 0 Å². The van der Waals surface area contributed by atoms with Crippen molar-refractivity contribution in [2.24, 2.45) is 5.73 Å². The number of hydrogen-bond acceptors (Lipinski definition) is 4. The van der Waals surface area contributed by atoms with Crippen LogP contribution in [0, 0.1) is 6.92 Å². The molecule has 0 unspecified atom stereocenters. The van der Waals surface area contributed by atoms with Gasteiger partial charge in [-0.3, -0.25) is 0 Å². The number of fused-ring (bicyclic) bond motifs is 1. The molecule has 0 radical (unpaired) electrons. The lowest BCUT2D eigenvalue weighted by Gasteiger charge is -2.33. The summed E-state index contributed by atoms with van der Waals surface area (Å²) in [5, 5.41) is 1.22. The third-order valence-electron chi connectivity index (χ3n) is 4.13. The number of nitrogens with zero attached hydrogens (tertiary/aromatic N) is 3. The first kappa shape index (κ1) is 13.3. The van der Waals surface area contributed by atoms with Crippen molar-refractivity contribution in [3.05, 3.63) is 35.4 Å². The van der Waals surface area contributed by atoms with Crippen LogP contribution in [0.4, 0.5) is 5.82 Å². The van der Waals surface area contributed by atoms with E-state index in [1.807, 2.05) is 0 Å². The minimum absolute atomic E-state index is 0.565. The molecule has 0 spiro atoms. The lowest BCUT2D eigenvalue weighted by molar-refractivity contribution is 0.312. The van der Waals surface area contributed by atoms with Crippen molar-refractivity contribution >= 4 is 16.7 Å². The number of aromatic nitrogens is 1. The summed E-state index contributed by atoms with van der Waals surface area (Å²) in [5.74, 6) is 1.09. The summed E-state index contributed by atoms with van der Waals surface area (Å²) >= 11 is 0. The zero-order chi connectivity index (χ0) is 14.1. The minimum atomic E-state index is 0.565. The summed E-state index contributed by atoms with van der Waals surface area (Å²) in [6.07, 6.45) is 0. The predicted molar refractivity (Wildman–Crippen MR) is 84.1 cm³/mol. The van der Waals surface area contributed by atoms with Crippen LogP contribution in [0.25, 0.3) is 10.9 Å². The van der Waals surface area contributed by atoms with Crippen LogP contribution in [0.1, 0.15) is 11.1 Å². The quantitative estimate of drug-likeness (QED) is 0.903. The number of pyridine rings is 1. The summed E-state index contributed by atoms with van der Waals surface area (Å²) in [6.45, 7) is 7.01. The average Bonchev–Trinajstić information content (AvgIpc) is 2.47. The Hall–Kier alpha value is -1.65. The monoisotopic (exact) mass is 270 g/mol. The Bertz CT molecular complexity index is 615. The summed E-state index contributed by atoms with van der Waals surface area (Å²) in [5.41, 5.74) is 9.21. The van der Waals surface area contributed by atoms with Crippen molar-refractivity contribution in [3.63, 3.8) is 0 Å². The topological polar surface area (TPSA) is 45.4 Å². The van der Waals surface area contributed by atoms with Gasteiger partial charge < -0.3 is 15.5 Å². The molecule has 1 fully saturated rings. The van der Waals surface area contributed by atoms with Crippen molar-refractivity contribution in [3.8, 4) is 0 Å². The molecule has 106 valence electrons. The molecule has 2 N–H and O–H groups in total. The maximum Gasteiger partial charge on any atom is 0.129 e. The first-order valence-electron chi connectivity index (χ1n) is 7.21. The Morgan fingerprint density at radius 1 is 1.15 bits per heavy atom. The van der Waals surface area contributed by atoms with Crippen molar-refractivity contribution in [2.75, 3.05) is 38.1 Å². The second-order valence-electron chi connectivity index (χ2n) is 5.64. The first-order valence-corrected chi connectivity index (χ1v) is 7.21. The maximum atomic E-state index is 5.73. The highest BCUT2D eigenvalue weighted by Crippen LogP contribution is 2.24. The lowest BCUT2D eigenvalue weighted by Crippen LogP contribution is -2.44. The fraction of sp³-hybridized carbons (Fsp3) is 0.438. The van der Waals surface area contributed by atoms with E-state index in [2.05, 4.69) is 48.0 Å². The molecule has 1 aliphatic rings. The third kappa shape index (κ3) is 2.49. The molecular formula is C16H22N4. The van der Waals surface area contributed by atoms with Crippen LogP contribution in [-0.4, -0.2) is 43.1 Å². The van der Waals surface area contributed by atoms with Crippen LogP contribution >= 0.6 is 0 Å². The molecule has 20 heavy (non-hydrogen) atoms. The molecule has 3 rings (SSSR count). The number of rotatable bonds is 2. The van der Waals surface area contributed by atoms with Gasteiger partial charge in [0, 0.05) is 38.1 Å². The lowest BCUT2D eigenvalue weighted by atomic mass is 10.1. The van der Waals surface area contributed by atoms with Gasteiger partial charge in [-0.05, 0) is 37.2 Å². The van der Waals surface area contributed by atoms with E-state index in [-0.39, 0.29) is 0 Å². The minimum Gasteiger partial charge on any atom is -0.354 e. The molecule has 0 saturated carbocycles. The molecular weight excluding hydrogens is 248 g/mol. The van der Waals surface area contributed by atoms with E-state index in [1.54, 1.807) is 0 Å². The van der Waals surface area contributed by atoms with Gasteiger partial charge in [0.05, 0.1) is 5.52 Å².